The van der Waals surface area contributed by atoms with Gasteiger partial charge in [0.1, 0.15) is 0 Å². The Morgan fingerprint density at radius 3 is 0.757 bits per heavy atom. The molecule has 0 aliphatic rings. The Balaban J connectivity index is 4.79. The second-order valence-corrected chi connectivity index (χ2v) is 20.8. The average molecular weight is 1040 g/mol. The number of hydrogen-bond donors (Lipinski definition) is 3. The molecule has 0 aromatic heterocycles. The molecule has 0 aromatic carbocycles. The maximum Gasteiger partial charge on any atom is 0.537 e. The van der Waals surface area contributed by atoms with E-state index in [9.17, 15) is 14.4 Å². The molecule has 0 rings (SSSR count). The van der Waals surface area contributed by atoms with Crippen LogP contribution in [0.5, 0.6) is 0 Å². The summed E-state index contributed by atoms with van der Waals surface area (Å²) in [5.41, 5.74) is 0. The Morgan fingerprint density at radius 2 is 0.514 bits per heavy atom. The van der Waals surface area contributed by atoms with Crippen molar-refractivity contribution >= 4 is 64.4 Å². The van der Waals surface area contributed by atoms with Crippen LogP contribution in [0.3, 0.4) is 0 Å². The molecular weight excluding hydrogens is 944 g/mol. The molecule has 0 spiro atoms. The van der Waals surface area contributed by atoms with Crippen molar-refractivity contribution in [1.29, 1.82) is 0 Å². The van der Waals surface area contributed by atoms with Gasteiger partial charge < -0.3 is 13.6 Å². The zero-order valence-corrected chi connectivity index (χ0v) is 47.8. The van der Waals surface area contributed by atoms with Crippen LogP contribution < -0.4 is 0 Å². The summed E-state index contributed by atoms with van der Waals surface area (Å²) in [6, 6.07) is 0. The molecule has 0 aliphatic carbocycles. The van der Waals surface area contributed by atoms with Gasteiger partial charge in [0, 0.05) is 0 Å². The average Bonchev–Trinajstić information content (AvgIpc) is 3.35. The van der Waals surface area contributed by atoms with Crippen LogP contribution >= 0.6 is 46.5 Å². The lowest BCUT2D eigenvalue weighted by molar-refractivity contribution is -0.142. The van der Waals surface area contributed by atoms with Crippen molar-refractivity contribution in [2.45, 2.75) is 248 Å². The van der Waals surface area contributed by atoms with E-state index in [4.69, 9.17) is 13.6 Å². The van der Waals surface area contributed by atoms with E-state index in [1.807, 2.05) is 0 Å². The SMILES string of the molecule is CC/C=C\C/C=C\C/C=C\CCCCCCCCC(S)C(=O)OP(OC(=O)C(S)CCCCCCCC/C=C\C/C=C\C/C=C\CC)OC(=O)C(S)CCCCCCCC/C=C\C/C=C\C/C=C\CC. The summed E-state index contributed by atoms with van der Waals surface area (Å²) in [4.78, 5) is 39.6. The second-order valence-electron chi connectivity index (χ2n) is 18.0. The van der Waals surface area contributed by atoms with Crippen LogP contribution in [-0.4, -0.2) is 33.7 Å². The summed E-state index contributed by atoms with van der Waals surface area (Å²) >= 11 is 13.6. The van der Waals surface area contributed by atoms with E-state index in [1.54, 1.807) is 0 Å². The van der Waals surface area contributed by atoms with Crippen LogP contribution in [0.25, 0.3) is 0 Å². The van der Waals surface area contributed by atoms with Gasteiger partial charge in [-0.05, 0) is 116 Å². The summed E-state index contributed by atoms with van der Waals surface area (Å²) in [5.74, 6) is -1.98. The van der Waals surface area contributed by atoms with E-state index < -0.39 is 42.3 Å². The standard InChI is InChI=1S/C60H99O6PS3/c1-4-7-10-13-16-19-22-25-28-31-34-37-40-43-46-49-52-55(68)58(61)64-67(65-59(62)56(69)53-50-47-44-41-38-35-32-29-26-23-20-17-14-11-8-5-2)66-60(63)57(70)54-51-48-45-42-39-36-33-30-27-24-21-18-15-12-9-6-3/h7-12,16-21,25-30,55-57,68-70H,4-6,13-15,22-24,31-54H2,1-3H3/b10-7-,11-8-,12-9-,19-16-,20-17-,21-18-,28-25-,29-26-,30-27-. The molecule has 10 heteroatoms. The van der Waals surface area contributed by atoms with Gasteiger partial charge in [-0.15, -0.1) is 0 Å². The smallest absolute Gasteiger partial charge is 0.374 e. The first-order valence-corrected chi connectivity index (χ1v) is 30.3. The van der Waals surface area contributed by atoms with Crippen LogP contribution in [0.15, 0.2) is 109 Å². The largest absolute Gasteiger partial charge is 0.537 e. The zero-order chi connectivity index (χ0) is 51.2. The molecule has 0 bridgehead atoms. The quantitative estimate of drug-likeness (QED) is 0.0244. The van der Waals surface area contributed by atoms with E-state index in [2.05, 4.69) is 168 Å². The molecule has 0 radical (unpaired) electrons. The topological polar surface area (TPSA) is 78.9 Å². The highest BCUT2D eigenvalue weighted by molar-refractivity contribution is 7.82. The summed E-state index contributed by atoms with van der Waals surface area (Å²) in [6.07, 6.45) is 73.2. The van der Waals surface area contributed by atoms with Gasteiger partial charge in [0.25, 0.3) is 0 Å². The van der Waals surface area contributed by atoms with Crippen molar-refractivity contribution in [1.82, 2.24) is 0 Å². The van der Waals surface area contributed by atoms with Crippen molar-refractivity contribution in [3.8, 4) is 0 Å². The number of rotatable bonds is 48. The highest BCUT2D eigenvalue weighted by Gasteiger charge is 2.33. The molecule has 0 amide bonds. The van der Waals surface area contributed by atoms with E-state index in [-0.39, 0.29) is 0 Å². The summed E-state index contributed by atoms with van der Waals surface area (Å²) in [7, 11) is -2.63. The Morgan fingerprint density at radius 1 is 0.314 bits per heavy atom. The molecular formula is C60H99O6PS3. The molecule has 6 nitrogen and oxygen atoms in total. The Labute approximate surface area is 447 Å². The van der Waals surface area contributed by atoms with Crippen LogP contribution in [-0.2, 0) is 28.0 Å². The van der Waals surface area contributed by atoms with Gasteiger partial charge in [0.05, 0.1) is 15.7 Å². The van der Waals surface area contributed by atoms with Gasteiger partial charge in [-0.2, -0.15) is 37.9 Å². The molecule has 0 aromatic rings. The fourth-order valence-corrected chi connectivity index (χ4v) is 9.10. The molecule has 0 N–H and O–H groups in total. The minimum Gasteiger partial charge on any atom is -0.374 e. The van der Waals surface area contributed by atoms with Crippen molar-refractivity contribution in [3.05, 3.63) is 109 Å². The number of carbonyl (C=O) groups is 3. The lowest BCUT2D eigenvalue weighted by Gasteiger charge is -2.20. The maximum atomic E-state index is 13.2. The lowest BCUT2D eigenvalue weighted by atomic mass is 10.1. The van der Waals surface area contributed by atoms with Crippen LogP contribution in [0.4, 0.5) is 0 Å². The molecule has 3 unspecified atom stereocenters. The van der Waals surface area contributed by atoms with Gasteiger partial charge >= 0.3 is 26.5 Å². The minimum atomic E-state index is -2.63. The summed E-state index contributed by atoms with van der Waals surface area (Å²) in [6.45, 7) is 6.45. The van der Waals surface area contributed by atoms with Crippen LogP contribution in [0, 0.1) is 0 Å². The highest BCUT2D eigenvalue weighted by atomic mass is 32.1. The number of unbranched alkanes of at least 4 members (excludes halogenated alkanes) is 18. The van der Waals surface area contributed by atoms with Gasteiger partial charge in [0.2, 0.25) is 0 Å². The normalized spacial score (nSPS) is 14.3. The first-order chi connectivity index (χ1) is 34.3. The van der Waals surface area contributed by atoms with E-state index in [0.29, 0.717) is 19.3 Å². The van der Waals surface area contributed by atoms with Crippen LogP contribution in [0.2, 0.25) is 0 Å². The van der Waals surface area contributed by atoms with Gasteiger partial charge in [0.15, 0.2) is 0 Å². The highest BCUT2D eigenvalue weighted by Crippen LogP contribution is 2.43. The fourth-order valence-electron chi connectivity index (χ4n) is 7.21. The Hall–Kier alpha value is -2.45. The number of allylic oxidation sites excluding steroid dienone is 18. The summed E-state index contributed by atoms with van der Waals surface area (Å²) in [5, 5.41) is -2.18. The maximum absolute atomic E-state index is 13.2. The third-order valence-corrected chi connectivity index (χ3v) is 13.8. The monoisotopic (exact) mass is 1040 g/mol. The van der Waals surface area contributed by atoms with Crippen molar-refractivity contribution in [3.63, 3.8) is 0 Å². The lowest BCUT2D eigenvalue weighted by Crippen LogP contribution is -2.23. The Bertz CT molecular complexity index is 1340. The van der Waals surface area contributed by atoms with Crippen molar-refractivity contribution < 1.29 is 28.0 Å². The van der Waals surface area contributed by atoms with E-state index in [1.165, 1.54) is 38.5 Å². The third-order valence-electron chi connectivity index (χ3n) is 11.4. The van der Waals surface area contributed by atoms with Crippen LogP contribution in [0.1, 0.15) is 233 Å². The Kier molecular flexibility index (Phi) is 52.4. The number of thiol groups is 3. The van der Waals surface area contributed by atoms with E-state index >= 15 is 0 Å². The predicted octanol–water partition coefficient (Wildman–Crippen LogP) is 19.7. The molecule has 0 heterocycles. The molecule has 0 aliphatic heterocycles. The second kappa shape index (κ2) is 54.3. The van der Waals surface area contributed by atoms with Gasteiger partial charge in [-0.3, -0.25) is 14.4 Å². The molecule has 70 heavy (non-hydrogen) atoms. The first-order valence-electron chi connectivity index (χ1n) is 27.6. The zero-order valence-electron chi connectivity index (χ0n) is 44.2. The van der Waals surface area contributed by atoms with E-state index in [0.717, 1.165) is 154 Å². The van der Waals surface area contributed by atoms with Gasteiger partial charge in [-0.1, -0.05) is 226 Å². The molecule has 3 atom stereocenters. The number of hydrogen-bond acceptors (Lipinski definition) is 9. The first kappa shape index (κ1) is 67.5. The molecule has 398 valence electrons. The number of carbonyl (C=O) groups excluding carboxylic acids is 3. The molecule has 0 saturated carbocycles. The molecule has 0 fully saturated rings. The van der Waals surface area contributed by atoms with Gasteiger partial charge in [-0.25, -0.2) is 0 Å². The van der Waals surface area contributed by atoms with Crippen molar-refractivity contribution in [2.24, 2.45) is 0 Å². The fraction of sp³-hybridized carbons (Fsp3) is 0.650. The van der Waals surface area contributed by atoms with Crippen molar-refractivity contribution in [2.75, 3.05) is 0 Å². The minimum absolute atomic E-state index is 0.513. The third kappa shape index (κ3) is 47.9. The predicted molar refractivity (Wildman–Crippen MR) is 315 cm³/mol. The summed E-state index contributed by atoms with van der Waals surface area (Å²) < 4.78 is 16.7. The molecule has 0 saturated heterocycles.